The zero-order valence-corrected chi connectivity index (χ0v) is 13.1. The summed E-state index contributed by atoms with van der Waals surface area (Å²) in [5.74, 6) is -0.342. The number of hydrogen-bond donors (Lipinski definition) is 1. The van der Waals surface area contributed by atoms with Gasteiger partial charge in [0, 0.05) is 12.7 Å². The Morgan fingerprint density at radius 3 is 2.50 bits per heavy atom. The molecule has 22 heavy (non-hydrogen) atoms. The Kier molecular flexibility index (Phi) is 4.80. The van der Waals surface area contributed by atoms with Crippen molar-refractivity contribution in [2.24, 2.45) is 5.92 Å². The minimum absolute atomic E-state index is 0.245. The van der Waals surface area contributed by atoms with E-state index in [9.17, 15) is 14.4 Å². The number of benzene rings is 1. The number of carbonyl (C=O) groups excluding carboxylic acids is 3. The van der Waals surface area contributed by atoms with E-state index in [1.165, 1.54) is 4.90 Å². The smallest absolute Gasteiger partial charge is 0.325 e. The number of rotatable bonds is 5. The van der Waals surface area contributed by atoms with E-state index in [-0.39, 0.29) is 24.3 Å². The summed E-state index contributed by atoms with van der Waals surface area (Å²) in [6.45, 7) is 3.72. The molecule has 1 atom stereocenters. The molecule has 1 fully saturated rings. The van der Waals surface area contributed by atoms with Gasteiger partial charge in [0.15, 0.2) is 0 Å². The average molecular weight is 303 g/mol. The molecule has 0 unspecified atom stereocenters. The minimum Gasteiger partial charge on any atom is -0.326 e. The molecule has 6 heteroatoms. The Morgan fingerprint density at radius 2 is 1.91 bits per heavy atom. The quantitative estimate of drug-likeness (QED) is 0.840. The van der Waals surface area contributed by atoms with Crippen molar-refractivity contribution >= 4 is 23.5 Å². The number of nitrogens with one attached hydrogen (secondary N) is 1. The fraction of sp³-hybridized carbons (Fsp3) is 0.438. The molecule has 1 heterocycles. The molecular weight excluding hydrogens is 282 g/mol. The van der Waals surface area contributed by atoms with E-state index in [1.54, 1.807) is 19.2 Å². The summed E-state index contributed by atoms with van der Waals surface area (Å²) in [5, 5.41) is 2.64. The van der Waals surface area contributed by atoms with Crippen LogP contribution in [0.25, 0.3) is 0 Å². The SMILES string of the molecule is CC(C)C[C@@H]1NC(=O)N(CC(=O)N(C)c2ccccc2)C1=O. The van der Waals surface area contributed by atoms with Crippen molar-refractivity contribution in [3.8, 4) is 0 Å². The third-order valence-electron chi connectivity index (χ3n) is 3.63. The van der Waals surface area contributed by atoms with Crippen molar-refractivity contribution in [2.45, 2.75) is 26.3 Å². The monoisotopic (exact) mass is 303 g/mol. The van der Waals surface area contributed by atoms with Gasteiger partial charge in [0.2, 0.25) is 5.91 Å². The van der Waals surface area contributed by atoms with Crippen LogP contribution in [0.4, 0.5) is 10.5 Å². The number of hydrogen-bond acceptors (Lipinski definition) is 3. The number of imide groups is 1. The minimum atomic E-state index is -0.526. The third-order valence-corrected chi connectivity index (χ3v) is 3.63. The van der Waals surface area contributed by atoms with E-state index in [0.29, 0.717) is 6.42 Å². The molecular formula is C16H21N3O3. The molecule has 0 bridgehead atoms. The van der Waals surface area contributed by atoms with E-state index in [4.69, 9.17) is 0 Å². The first-order valence-corrected chi connectivity index (χ1v) is 7.33. The molecule has 4 amide bonds. The first-order valence-electron chi connectivity index (χ1n) is 7.33. The van der Waals surface area contributed by atoms with E-state index in [1.807, 2.05) is 32.0 Å². The van der Waals surface area contributed by atoms with E-state index >= 15 is 0 Å². The van der Waals surface area contributed by atoms with Crippen LogP contribution in [0.1, 0.15) is 20.3 Å². The molecule has 1 aliphatic rings. The highest BCUT2D eigenvalue weighted by molar-refractivity contribution is 6.08. The lowest BCUT2D eigenvalue weighted by Gasteiger charge is -2.20. The Hall–Kier alpha value is -2.37. The van der Waals surface area contributed by atoms with Crippen molar-refractivity contribution in [1.82, 2.24) is 10.2 Å². The molecule has 1 aromatic carbocycles. The molecule has 0 aliphatic carbocycles. The third kappa shape index (κ3) is 3.44. The number of anilines is 1. The molecule has 6 nitrogen and oxygen atoms in total. The molecule has 1 N–H and O–H groups in total. The lowest BCUT2D eigenvalue weighted by Crippen LogP contribution is -2.42. The molecule has 0 radical (unpaired) electrons. The van der Waals surface area contributed by atoms with Crippen LogP contribution in [-0.2, 0) is 9.59 Å². The summed E-state index contributed by atoms with van der Waals surface area (Å²) < 4.78 is 0. The summed E-state index contributed by atoms with van der Waals surface area (Å²) in [6, 6.07) is 8.08. The largest absolute Gasteiger partial charge is 0.326 e. The van der Waals surface area contributed by atoms with Crippen LogP contribution in [0.2, 0.25) is 0 Å². The maximum absolute atomic E-state index is 12.3. The van der Waals surface area contributed by atoms with Gasteiger partial charge in [0.05, 0.1) is 0 Å². The van der Waals surface area contributed by atoms with Crippen LogP contribution in [-0.4, -0.2) is 42.4 Å². The number of nitrogens with zero attached hydrogens (tertiary/aromatic N) is 2. The van der Waals surface area contributed by atoms with Gasteiger partial charge >= 0.3 is 6.03 Å². The van der Waals surface area contributed by atoms with Crippen LogP contribution in [0.5, 0.6) is 0 Å². The van der Waals surface area contributed by atoms with Gasteiger partial charge in [-0.2, -0.15) is 0 Å². The van der Waals surface area contributed by atoms with E-state index in [0.717, 1.165) is 10.6 Å². The molecule has 1 aromatic rings. The lowest BCUT2D eigenvalue weighted by atomic mass is 10.0. The van der Waals surface area contributed by atoms with Gasteiger partial charge in [-0.3, -0.25) is 14.5 Å². The number of urea groups is 1. The predicted molar refractivity (Wildman–Crippen MR) is 83.3 cm³/mol. The highest BCUT2D eigenvalue weighted by atomic mass is 16.2. The Labute approximate surface area is 130 Å². The summed E-state index contributed by atoms with van der Waals surface area (Å²) >= 11 is 0. The van der Waals surface area contributed by atoms with Crippen LogP contribution in [0.15, 0.2) is 30.3 Å². The standard InChI is InChI=1S/C16H21N3O3/c1-11(2)9-13-15(21)19(16(22)17-13)10-14(20)18(3)12-7-5-4-6-8-12/h4-8,11,13H,9-10H2,1-3H3,(H,17,22)/t13-/m0/s1. The number of para-hydroxylation sites is 1. The topological polar surface area (TPSA) is 69.7 Å². The van der Waals surface area contributed by atoms with Gasteiger partial charge in [-0.1, -0.05) is 32.0 Å². The first-order chi connectivity index (χ1) is 10.4. The second-order valence-corrected chi connectivity index (χ2v) is 5.84. The molecule has 0 spiro atoms. The van der Waals surface area contributed by atoms with Crippen molar-refractivity contribution in [1.29, 1.82) is 0 Å². The van der Waals surface area contributed by atoms with Gasteiger partial charge in [-0.25, -0.2) is 4.79 Å². The number of carbonyl (C=O) groups is 3. The summed E-state index contributed by atoms with van der Waals surface area (Å²) in [5.41, 5.74) is 0.721. The maximum Gasteiger partial charge on any atom is 0.325 e. The fourth-order valence-electron chi connectivity index (χ4n) is 2.39. The second kappa shape index (κ2) is 6.60. The van der Waals surface area contributed by atoms with Gasteiger partial charge in [0.25, 0.3) is 5.91 Å². The van der Waals surface area contributed by atoms with Gasteiger partial charge in [-0.05, 0) is 24.5 Å². The Morgan fingerprint density at radius 1 is 1.27 bits per heavy atom. The Balaban J connectivity index is 2.02. The van der Waals surface area contributed by atoms with Crippen molar-refractivity contribution in [3.05, 3.63) is 30.3 Å². The lowest BCUT2D eigenvalue weighted by molar-refractivity contribution is -0.131. The molecule has 1 aliphatic heterocycles. The summed E-state index contributed by atoms with van der Waals surface area (Å²) in [7, 11) is 1.63. The molecule has 1 saturated heterocycles. The van der Waals surface area contributed by atoms with Crippen molar-refractivity contribution < 1.29 is 14.4 Å². The summed E-state index contributed by atoms with van der Waals surface area (Å²) in [6.07, 6.45) is 0.573. The molecule has 0 saturated carbocycles. The van der Waals surface area contributed by atoms with Gasteiger partial charge < -0.3 is 10.2 Å². The summed E-state index contributed by atoms with van der Waals surface area (Å²) in [4.78, 5) is 38.8. The fourth-order valence-corrected chi connectivity index (χ4v) is 2.39. The average Bonchev–Trinajstić information content (AvgIpc) is 2.74. The zero-order chi connectivity index (χ0) is 16.3. The number of amides is 4. The molecule has 118 valence electrons. The van der Waals surface area contributed by atoms with Crippen molar-refractivity contribution in [3.63, 3.8) is 0 Å². The van der Waals surface area contributed by atoms with E-state index < -0.39 is 12.1 Å². The first kappa shape index (κ1) is 16.0. The molecule has 0 aromatic heterocycles. The second-order valence-electron chi connectivity index (χ2n) is 5.84. The predicted octanol–water partition coefficient (Wildman–Crippen LogP) is 1.62. The highest BCUT2D eigenvalue weighted by Crippen LogP contribution is 2.16. The normalized spacial score (nSPS) is 17.8. The Bertz CT molecular complexity index is 571. The number of likely N-dealkylation sites (N-methyl/N-ethyl adjacent to an activating group) is 1. The highest BCUT2D eigenvalue weighted by Gasteiger charge is 2.39. The van der Waals surface area contributed by atoms with Crippen LogP contribution >= 0.6 is 0 Å². The van der Waals surface area contributed by atoms with Crippen LogP contribution in [0.3, 0.4) is 0 Å². The van der Waals surface area contributed by atoms with Gasteiger partial charge in [-0.15, -0.1) is 0 Å². The van der Waals surface area contributed by atoms with Gasteiger partial charge in [0.1, 0.15) is 12.6 Å². The van der Waals surface area contributed by atoms with Crippen molar-refractivity contribution in [2.75, 3.05) is 18.5 Å². The zero-order valence-electron chi connectivity index (χ0n) is 13.1. The maximum atomic E-state index is 12.3. The van der Waals surface area contributed by atoms with E-state index in [2.05, 4.69) is 5.32 Å². The van der Waals surface area contributed by atoms with Crippen LogP contribution in [0, 0.1) is 5.92 Å². The van der Waals surface area contributed by atoms with Crippen LogP contribution < -0.4 is 10.2 Å². The molecule has 2 rings (SSSR count).